The number of guanidine groups is 1. The van der Waals surface area contributed by atoms with E-state index in [1.807, 2.05) is 53.0 Å². The van der Waals surface area contributed by atoms with Gasteiger partial charge in [0.15, 0.2) is 5.96 Å². The van der Waals surface area contributed by atoms with Crippen LogP contribution in [0, 0.1) is 0 Å². The molecule has 1 fully saturated rings. The number of carbonyl (C=O) groups excluding carboxylic acids is 1. The number of amides is 1. The molecule has 2 heterocycles. The van der Waals surface area contributed by atoms with E-state index in [0.29, 0.717) is 12.5 Å². The summed E-state index contributed by atoms with van der Waals surface area (Å²) in [4.78, 5) is 18.6. The molecule has 29 heavy (non-hydrogen) atoms. The van der Waals surface area contributed by atoms with Crippen LogP contribution in [-0.2, 0) is 11.3 Å². The van der Waals surface area contributed by atoms with Gasteiger partial charge in [0.25, 0.3) is 0 Å². The van der Waals surface area contributed by atoms with E-state index in [1.165, 1.54) is 0 Å². The summed E-state index contributed by atoms with van der Waals surface area (Å²) < 4.78 is 6.99. The molecule has 1 aromatic heterocycles. The molecule has 0 bridgehead atoms. The zero-order valence-electron chi connectivity index (χ0n) is 16.9. The summed E-state index contributed by atoms with van der Waals surface area (Å²) in [6, 6.07) is 9.65. The Balaban J connectivity index is 0.00000300. The van der Waals surface area contributed by atoms with E-state index in [2.05, 4.69) is 20.7 Å². The number of hydrogen-bond acceptors (Lipinski definition) is 4. The van der Waals surface area contributed by atoms with Gasteiger partial charge in [-0.1, -0.05) is 0 Å². The molecule has 0 radical (unpaired) electrons. The summed E-state index contributed by atoms with van der Waals surface area (Å²) in [6.45, 7) is 5.12. The Morgan fingerprint density at radius 1 is 1.17 bits per heavy atom. The van der Waals surface area contributed by atoms with Crippen molar-refractivity contribution in [3.63, 3.8) is 0 Å². The van der Waals surface area contributed by atoms with E-state index >= 15 is 0 Å². The van der Waals surface area contributed by atoms with Crippen LogP contribution in [0.15, 0.2) is 41.5 Å². The number of likely N-dealkylation sites (tertiary alicyclic amines) is 1. The molecule has 0 atom stereocenters. The smallest absolute Gasteiger partial charge is 0.241 e. The van der Waals surface area contributed by atoms with Crippen molar-refractivity contribution in [1.29, 1.82) is 0 Å². The fourth-order valence-electron chi connectivity index (χ4n) is 3.06. The molecule has 3 rings (SSSR count). The minimum absolute atomic E-state index is 0. The van der Waals surface area contributed by atoms with Crippen LogP contribution in [0.3, 0.4) is 0 Å². The van der Waals surface area contributed by atoms with E-state index in [1.54, 1.807) is 7.11 Å². The number of aliphatic imine (C=N–C) groups is 1. The second-order valence-electron chi connectivity index (χ2n) is 6.59. The Bertz CT molecular complexity index is 800. The molecular weight excluding hydrogens is 483 g/mol. The van der Waals surface area contributed by atoms with Crippen LogP contribution >= 0.6 is 24.0 Å². The molecule has 2 N–H and O–H groups in total. The van der Waals surface area contributed by atoms with Gasteiger partial charge in [-0.2, -0.15) is 5.10 Å². The molecule has 1 aliphatic rings. The molecule has 0 aliphatic carbocycles. The third kappa shape index (κ3) is 6.62. The highest BCUT2D eigenvalue weighted by atomic mass is 127. The van der Waals surface area contributed by atoms with Crippen molar-refractivity contribution < 1.29 is 9.53 Å². The van der Waals surface area contributed by atoms with E-state index in [-0.39, 0.29) is 36.4 Å². The molecule has 0 unspecified atom stereocenters. The van der Waals surface area contributed by atoms with Crippen LogP contribution in [0.5, 0.6) is 5.75 Å². The first-order valence-electron chi connectivity index (χ1n) is 9.68. The Morgan fingerprint density at radius 3 is 2.55 bits per heavy atom. The monoisotopic (exact) mass is 512 g/mol. The largest absolute Gasteiger partial charge is 0.497 e. The normalized spacial score (nSPS) is 13.7. The lowest BCUT2D eigenvalue weighted by molar-refractivity contribution is -0.128. The lowest BCUT2D eigenvalue weighted by atomic mass is 10.3. The van der Waals surface area contributed by atoms with E-state index in [4.69, 9.17) is 4.74 Å². The lowest BCUT2D eigenvalue weighted by Gasteiger charge is -2.17. The Labute approximate surface area is 188 Å². The minimum Gasteiger partial charge on any atom is -0.497 e. The zero-order chi connectivity index (χ0) is 19.8. The molecule has 1 aliphatic heterocycles. The molecule has 2 aromatic rings. The zero-order valence-corrected chi connectivity index (χ0v) is 19.3. The summed E-state index contributed by atoms with van der Waals surface area (Å²) in [5, 5.41) is 10.9. The molecule has 8 nitrogen and oxygen atoms in total. The summed E-state index contributed by atoms with van der Waals surface area (Å²) in [6.07, 6.45) is 4.09. The number of ether oxygens (including phenoxy) is 1. The minimum atomic E-state index is 0. The van der Waals surface area contributed by atoms with Crippen molar-refractivity contribution in [2.45, 2.75) is 26.3 Å². The van der Waals surface area contributed by atoms with Crippen LogP contribution in [0.4, 0.5) is 0 Å². The highest BCUT2D eigenvalue weighted by Crippen LogP contribution is 2.14. The number of methoxy groups -OCH3 is 1. The van der Waals surface area contributed by atoms with E-state index < -0.39 is 0 Å². The van der Waals surface area contributed by atoms with Crippen LogP contribution in [-0.4, -0.2) is 59.8 Å². The SMILES string of the molecule is CCNC(=NCc1ccn(-c2ccc(OC)cc2)n1)NCC(=O)N1CCCC1.I. The molecule has 0 spiro atoms. The van der Waals surface area contributed by atoms with E-state index in [0.717, 1.165) is 49.6 Å². The fraction of sp³-hybridized carbons (Fsp3) is 0.450. The van der Waals surface area contributed by atoms with Crippen molar-refractivity contribution in [3.8, 4) is 11.4 Å². The average molecular weight is 512 g/mol. The maximum Gasteiger partial charge on any atom is 0.241 e. The van der Waals surface area contributed by atoms with Gasteiger partial charge in [0.2, 0.25) is 5.91 Å². The number of rotatable bonds is 7. The highest BCUT2D eigenvalue weighted by molar-refractivity contribution is 14.0. The van der Waals surface area contributed by atoms with Gasteiger partial charge in [0, 0.05) is 25.8 Å². The van der Waals surface area contributed by atoms with Gasteiger partial charge >= 0.3 is 0 Å². The second-order valence-corrected chi connectivity index (χ2v) is 6.59. The van der Waals surface area contributed by atoms with Gasteiger partial charge < -0.3 is 20.3 Å². The maximum absolute atomic E-state index is 12.2. The van der Waals surface area contributed by atoms with Gasteiger partial charge in [-0.25, -0.2) is 9.67 Å². The summed E-state index contributed by atoms with van der Waals surface area (Å²) in [7, 11) is 1.65. The average Bonchev–Trinajstić information content (AvgIpc) is 3.42. The quantitative estimate of drug-likeness (QED) is 0.338. The molecule has 1 saturated heterocycles. The first kappa shape index (κ1) is 23.0. The van der Waals surface area contributed by atoms with Gasteiger partial charge in [0.1, 0.15) is 5.75 Å². The number of carbonyl (C=O) groups is 1. The molecule has 1 aromatic carbocycles. The number of hydrogen-bond donors (Lipinski definition) is 2. The molecule has 1 amide bonds. The summed E-state index contributed by atoms with van der Waals surface area (Å²) >= 11 is 0. The van der Waals surface area contributed by atoms with Crippen molar-refractivity contribution >= 4 is 35.8 Å². The topological polar surface area (TPSA) is 83.8 Å². The van der Waals surface area contributed by atoms with Gasteiger partial charge in [-0.15, -0.1) is 24.0 Å². The predicted molar refractivity (Wildman–Crippen MR) is 124 cm³/mol. The lowest BCUT2D eigenvalue weighted by Crippen LogP contribution is -2.44. The molecule has 0 saturated carbocycles. The van der Waals surface area contributed by atoms with E-state index in [9.17, 15) is 4.79 Å². The molecular formula is C20H29IN6O2. The third-order valence-corrected chi connectivity index (χ3v) is 4.59. The number of halogens is 1. The Hall–Kier alpha value is -2.30. The van der Waals surface area contributed by atoms with Crippen LogP contribution < -0.4 is 15.4 Å². The van der Waals surface area contributed by atoms with Crippen molar-refractivity contribution in [1.82, 2.24) is 25.3 Å². The second kappa shape index (κ2) is 11.6. The van der Waals surface area contributed by atoms with Crippen molar-refractivity contribution in [3.05, 3.63) is 42.2 Å². The van der Waals surface area contributed by atoms with Gasteiger partial charge in [0.05, 0.1) is 31.6 Å². The highest BCUT2D eigenvalue weighted by Gasteiger charge is 2.17. The number of aromatic nitrogens is 2. The van der Waals surface area contributed by atoms with Crippen molar-refractivity contribution in [2.24, 2.45) is 4.99 Å². The Kier molecular flexibility index (Phi) is 9.23. The van der Waals surface area contributed by atoms with Crippen LogP contribution in [0.25, 0.3) is 5.69 Å². The predicted octanol–water partition coefficient (Wildman–Crippen LogP) is 2.18. The fourth-order valence-corrected chi connectivity index (χ4v) is 3.06. The third-order valence-electron chi connectivity index (χ3n) is 4.59. The standard InChI is InChI=1S/C20H28N6O2.HI/c1-3-21-20(23-15-19(27)25-11-4-5-12-25)22-14-16-10-13-26(24-16)17-6-8-18(28-2)9-7-17;/h6-10,13H,3-5,11-12,14-15H2,1-2H3,(H2,21,22,23);1H. The summed E-state index contributed by atoms with van der Waals surface area (Å²) in [5.41, 5.74) is 1.80. The maximum atomic E-state index is 12.2. The van der Waals surface area contributed by atoms with Crippen LogP contribution in [0.1, 0.15) is 25.5 Å². The molecule has 158 valence electrons. The summed E-state index contributed by atoms with van der Waals surface area (Å²) in [5.74, 6) is 1.55. The van der Waals surface area contributed by atoms with Crippen molar-refractivity contribution in [2.75, 3.05) is 33.3 Å². The van der Waals surface area contributed by atoms with Crippen LogP contribution in [0.2, 0.25) is 0 Å². The number of nitrogens with zero attached hydrogens (tertiary/aromatic N) is 4. The molecule has 9 heteroatoms. The number of benzene rings is 1. The van der Waals surface area contributed by atoms with Gasteiger partial charge in [-0.3, -0.25) is 4.79 Å². The first-order valence-corrected chi connectivity index (χ1v) is 9.68. The first-order chi connectivity index (χ1) is 13.7. The Morgan fingerprint density at radius 2 is 1.90 bits per heavy atom. The number of nitrogens with one attached hydrogen (secondary N) is 2. The van der Waals surface area contributed by atoms with Gasteiger partial charge in [-0.05, 0) is 50.1 Å².